The van der Waals surface area contributed by atoms with Gasteiger partial charge in [0.1, 0.15) is 18.5 Å². The zero-order chi connectivity index (χ0) is 18.1. The summed E-state index contributed by atoms with van der Waals surface area (Å²) in [5.41, 5.74) is 1.47. The molecule has 0 aliphatic carbocycles. The predicted molar refractivity (Wildman–Crippen MR) is 94.5 cm³/mol. The van der Waals surface area contributed by atoms with Crippen LogP contribution in [0.15, 0.2) is 36.4 Å². The van der Waals surface area contributed by atoms with Crippen LogP contribution in [0.1, 0.15) is 26.3 Å². The van der Waals surface area contributed by atoms with Crippen LogP contribution in [0.25, 0.3) is 0 Å². The van der Waals surface area contributed by atoms with Gasteiger partial charge in [-0.1, -0.05) is 40.9 Å². The molecule has 0 saturated heterocycles. The highest BCUT2D eigenvalue weighted by molar-refractivity contribution is 6.43. The Balaban J connectivity index is 1.65. The molecule has 25 heavy (non-hydrogen) atoms. The van der Waals surface area contributed by atoms with Gasteiger partial charge in [-0.25, -0.2) is 0 Å². The van der Waals surface area contributed by atoms with Gasteiger partial charge < -0.3 is 9.84 Å². The Bertz CT molecular complexity index is 795. The highest BCUT2D eigenvalue weighted by atomic mass is 35.5. The number of benzene rings is 2. The van der Waals surface area contributed by atoms with Crippen molar-refractivity contribution < 1.29 is 19.4 Å². The molecule has 5 nitrogen and oxygen atoms in total. The summed E-state index contributed by atoms with van der Waals surface area (Å²) in [7, 11) is 0. The molecule has 0 bridgehead atoms. The quantitative estimate of drug-likeness (QED) is 0.808. The molecule has 1 heterocycles. The van der Waals surface area contributed by atoms with Gasteiger partial charge >= 0.3 is 0 Å². The Morgan fingerprint density at radius 3 is 2.08 bits per heavy atom. The van der Waals surface area contributed by atoms with Gasteiger partial charge in [0.05, 0.1) is 27.7 Å². The molecule has 1 aliphatic rings. The summed E-state index contributed by atoms with van der Waals surface area (Å²) in [4.78, 5) is 25.7. The van der Waals surface area contributed by atoms with Gasteiger partial charge in [-0.15, -0.1) is 0 Å². The highest BCUT2D eigenvalue weighted by Gasteiger charge is 2.37. The van der Waals surface area contributed by atoms with E-state index in [-0.39, 0.29) is 34.3 Å². The van der Waals surface area contributed by atoms with E-state index in [9.17, 15) is 14.7 Å². The zero-order valence-corrected chi connectivity index (χ0v) is 14.8. The number of nitrogens with zero attached hydrogens (tertiary/aromatic N) is 1. The minimum Gasteiger partial charge on any atom is -0.491 e. The first-order valence-corrected chi connectivity index (χ1v) is 8.35. The topological polar surface area (TPSA) is 66.8 Å². The van der Waals surface area contributed by atoms with E-state index in [0.29, 0.717) is 5.75 Å². The number of imide groups is 1. The molecule has 1 aliphatic heterocycles. The molecule has 1 atom stereocenters. The molecule has 0 aromatic heterocycles. The summed E-state index contributed by atoms with van der Waals surface area (Å²) >= 11 is 11.8. The lowest BCUT2D eigenvalue weighted by atomic mass is 10.1. The van der Waals surface area contributed by atoms with Crippen LogP contribution in [0, 0.1) is 6.92 Å². The Morgan fingerprint density at radius 1 is 1.04 bits per heavy atom. The highest BCUT2D eigenvalue weighted by Crippen LogP contribution is 2.31. The van der Waals surface area contributed by atoms with Crippen molar-refractivity contribution >= 4 is 35.0 Å². The number of hydrogen-bond acceptors (Lipinski definition) is 4. The van der Waals surface area contributed by atoms with Gasteiger partial charge in [0.15, 0.2) is 0 Å². The van der Waals surface area contributed by atoms with E-state index in [1.807, 2.05) is 19.1 Å². The molecule has 2 aromatic rings. The zero-order valence-electron chi connectivity index (χ0n) is 13.3. The van der Waals surface area contributed by atoms with E-state index in [1.54, 1.807) is 12.1 Å². The molecule has 0 saturated carbocycles. The third-order valence-electron chi connectivity index (χ3n) is 3.87. The molecule has 2 amide bonds. The number of ether oxygens (including phenoxy) is 1. The van der Waals surface area contributed by atoms with Crippen molar-refractivity contribution in [2.75, 3.05) is 13.2 Å². The molecular weight excluding hydrogens is 365 g/mol. The van der Waals surface area contributed by atoms with E-state index in [4.69, 9.17) is 27.9 Å². The van der Waals surface area contributed by atoms with Gasteiger partial charge in [0.2, 0.25) is 0 Å². The maximum Gasteiger partial charge on any atom is 0.261 e. The summed E-state index contributed by atoms with van der Waals surface area (Å²) in [6.45, 7) is 1.74. The van der Waals surface area contributed by atoms with Gasteiger partial charge in [-0.3, -0.25) is 14.5 Å². The van der Waals surface area contributed by atoms with E-state index in [0.717, 1.165) is 10.5 Å². The fraction of sp³-hybridized carbons (Fsp3) is 0.222. The molecule has 130 valence electrons. The number of carbonyl (C=O) groups is 2. The predicted octanol–water partition coefficient (Wildman–Crippen LogP) is 3.34. The molecular formula is C18H15Cl2NO4. The first-order chi connectivity index (χ1) is 11.9. The summed E-state index contributed by atoms with van der Waals surface area (Å²) < 4.78 is 5.48. The van der Waals surface area contributed by atoms with Gasteiger partial charge in [0, 0.05) is 0 Å². The van der Waals surface area contributed by atoms with Crippen molar-refractivity contribution in [2.24, 2.45) is 0 Å². The Labute approximate surface area is 154 Å². The number of aliphatic hydroxyl groups excluding tert-OH is 1. The van der Waals surface area contributed by atoms with E-state index in [1.165, 1.54) is 12.1 Å². The lowest BCUT2D eigenvalue weighted by Crippen LogP contribution is -2.39. The van der Waals surface area contributed by atoms with Crippen molar-refractivity contribution in [2.45, 2.75) is 13.0 Å². The normalized spacial score (nSPS) is 14.6. The summed E-state index contributed by atoms with van der Waals surface area (Å²) in [6, 6.07) is 10.1. The number of halogens is 2. The maximum absolute atomic E-state index is 12.4. The van der Waals surface area contributed by atoms with Crippen LogP contribution >= 0.6 is 23.2 Å². The lowest BCUT2D eigenvalue weighted by Gasteiger charge is -2.18. The number of amides is 2. The van der Waals surface area contributed by atoms with Crippen molar-refractivity contribution in [3.05, 3.63) is 63.1 Å². The first kappa shape index (κ1) is 17.7. The third kappa shape index (κ3) is 3.63. The summed E-state index contributed by atoms with van der Waals surface area (Å²) in [5.74, 6) is -0.411. The first-order valence-electron chi connectivity index (χ1n) is 7.59. The number of fused-ring (bicyclic) bond motifs is 1. The molecule has 7 heteroatoms. The minimum atomic E-state index is -1.02. The summed E-state index contributed by atoms with van der Waals surface area (Å²) in [6.07, 6.45) is -1.02. The second-order valence-corrected chi connectivity index (χ2v) is 6.63. The van der Waals surface area contributed by atoms with Crippen molar-refractivity contribution in [3.63, 3.8) is 0 Å². The molecule has 0 radical (unpaired) electrons. The average molecular weight is 380 g/mol. The largest absolute Gasteiger partial charge is 0.491 e. The van der Waals surface area contributed by atoms with Gasteiger partial charge in [0.25, 0.3) is 11.8 Å². The number of carbonyl (C=O) groups excluding carboxylic acids is 2. The number of aryl methyl sites for hydroxylation is 1. The number of aliphatic hydroxyl groups is 1. The fourth-order valence-corrected chi connectivity index (χ4v) is 2.87. The second-order valence-electron chi connectivity index (χ2n) is 5.81. The van der Waals surface area contributed by atoms with Crippen LogP contribution in [0.5, 0.6) is 5.75 Å². The minimum absolute atomic E-state index is 0.0437. The molecule has 3 rings (SSSR count). The molecule has 1 N–H and O–H groups in total. The molecule has 0 fully saturated rings. The fourth-order valence-electron chi connectivity index (χ4n) is 2.54. The van der Waals surface area contributed by atoms with Crippen LogP contribution in [-0.4, -0.2) is 41.1 Å². The lowest BCUT2D eigenvalue weighted by molar-refractivity contribution is 0.0457. The molecule has 2 aromatic carbocycles. The van der Waals surface area contributed by atoms with E-state index < -0.39 is 17.9 Å². The van der Waals surface area contributed by atoms with Crippen LogP contribution in [0.2, 0.25) is 10.0 Å². The Hall–Kier alpha value is -2.08. The van der Waals surface area contributed by atoms with Crippen molar-refractivity contribution in [1.82, 2.24) is 4.90 Å². The third-order valence-corrected chi connectivity index (χ3v) is 4.59. The van der Waals surface area contributed by atoms with Gasteiger partial charge in [-0.2, -0.15) is 0 Å². The van der Waals surface area contributed by atoms with Crippen molar-refractivity contribution in [3.8, 4) is 5.75 Å². The Morgan fingerprint density at radius 2 is 1.56 bits per heavy atom. The second kappa shape index (κ2) is 7.04. The van der Waals surface area contributed by atoms with Crippen LogP contribution in [0.4, 0.5) is 0 Å². The monoisotopic (exact) mass is 379 g/mol. The van der Waals surface area contributed by atoms with Crippen LogP contribution in [-0.2, 0) is 0 Å². The number of rotatable bonds is 5. The van der Waals surface area contributed by atoms with E-state index in [2.05, 4.69) is 0 Å². The SMILES string of the molecule is Cc1ccc(OC[C@H](O)CN2C(=O)c3cc(Cl)c(Cl)cc3C2=O)cc1. The number of β-amino-alcohol motifs (C(OH)–C–C–N with tert-alkyl or cyclic N) is 1. The molecule has 0 spiro atoms. The van der Waals surface area contributed by atoms with Crippen molar-refractivity contribution in [1.29, 1.82) is 0 Å². The van der Waals surface area contributed by atoms with Crippen LogP contribution in [0.3, 0.4) is 0 Å². The van der Waals surface area contributed by atoms with E-state index >= 15 is 0 Å². The summed E-state index contributed by atoms with van der Waals surface area (Å²) in [5, 5.41) is 10.5. The van der Waals surface area contributed by atoms with Crippen LogP contribution < -0.4 is 4.74 Å². The smallest absolute Gasteiger partial charge is 0.261 e. The maximum atomic E-state index is 12.4. The molecule has 0 unspecified atom stereocenters. The number of hydrogen-bond donors (Lipinski definition) is 1. The Kier molecular flexibility index (Phi) is 4.99. The van der Waals surface area contributed by atoms with Gasteiger partial charge in [-0.05, 0) is 31.2 Å². The standard InChI is InChI=1S/C18H15Cl2NO4/c1-10-2-4-12(5-3-10)25-9-11(22)8-21-17(23)13-6-15(19)16(20)7-14(13)18(21)24/h2-7,11,22H,8-9H2,1H3/t11-/m1/s1. The average Bonchev–Trinajstić information content (AvgIpc) is 2.80.